The molecule has 2 aliphatic carbocycles. The van der Waals surface area contributed by atoms with Crippen LogP contribution in [0.4, 0.5) is 0 Å². The molecule has 1 aromatic carbocycles. The number of ether oxygens (including phenoxy) is 1. The van der Waals surface area contributed by atoms with Crippen molar-refractivity contribution >= 4 is 11.5 Å². The molecular formula is C29H44O2. The van der Waals surface area contributed by atoms with Gasteiger partial charge in [0.05, 0.1) is 5.56 Å². The lowest BCUT2D eigenvalue weighted by atomic mass is 9.83. The van der Waals surface area contributed by atoms with Crippen LogP contribution < -0.4 is 0 Å². The van der Waals surface area contributed by atoms with Crippen LogP contribution in [0.2, 0.25) is 0 Å². The van der Waals surface area contributed by atoms with Gasteiger partial charge in [0.15, 0.2) is 0 Å². The smallest absolute Gasteiger partial charge is 0.338 e. The van der Waals surface area contributed by atoms with Gasteiger partial charge in [-0.05, 0) is 80.1 Å². The summed E-state index contributed by atoms with van der Waals surface area (Å²) in [6.45, 7) is 4.54. The number of benzene rings is 1. The van der Waals surface area contributed by atoms with Gasteiger partial charge in [-0.15, -0.1) is 0 Å². The summed E-state index contributed by atoms with van der Waals surface area (Å²) in [7, 11) is 0. The van der Waals surface area contributed by atoms with Crippen molar-refractivity contribution in [3.63, 3.8) is 0 Å². The van der Waals surface area contributed by atoms with Crippen LogP contribution in [0.1, 0.15) is 126 Å². The van der Waals surface area contributed by atoms with Crippen molar-refractivity contribution in [3.8, 4) is 0 Å². The molecule has 0 saturated heterocycles. The van der Waals surface area contributed by atoms with Gasteiger partial charge in [0.1, 0.15) is 6.10 Å². The second-order valence-corrected chi connectivity index (χ2v) is 9.99. The summed E-state index contributed by atoms with van der Waals surface area (Å²) in [5.41, 5.74) is 3.43. The Morgan fingerprint density at radius 1 is 0.839 bits per heavy atom. The molecule has 31 heavy (non-hydrogen) atoms. The number of unbranched alkanes of at least 4 members (excludes halogenated alkanes) is 4. The summed E-state index contributed by atoms with van der Waals surface area (Å²) < 4.78 is 5.83. The molecule has 2 heteroatoms. The molecule has 0 aliphatic heterocycles. The summed E-state index contributed by atoms with van der Waals surface area (Å²) in [6, 6.07) is 8.15. The molecule has 0 aromatic heterocycles. The van der Waals surface area contributed by atoms with Gasteiger partial charge in [0.25, 0.3) is 0 Å². The standard InChI is InChI=1S/C29H44O2/c1-3-5-7-8-10-24-11-15-25(16-12-24)26-17-19-27(20-18-26)29(30)31-28-21-13-23(14-22-28)9-6-4-2/h15,17-20,23-24,28H,3-14,16,21-22H2,1-2H3/t23-,24?,28-. The lowest BCUT2D eigenvalue weighted by Gasteiger charge is -2.28. The van der Waals surface area contributed by atoms with E-state index in [1.54, 1.807) is 0 Å². The van der Waals surface area contributed by atoms with Crippen molar-refractivity contribution in [1.29, 1.82) is 0 Å². The molecule has 2 aliphatic rings. The SMILES string of the molecule is CCCCCCC1CC=C(c2ccc(C(=O)O[C@H]3CC[C@H](CCCC)CC3)cc2)CC1. The second-order valence-electron chi connectivity index (χ2n) is 9.99. The molecule has 1 atom stereocenters. The molecule has 1 saturated carbocycles. The molecule has 2 nitrogen and oxygen atoms in total. The number of allylic oxidation sites excluding steroid dienone is 2. The van der Waals surface area contributed by atoms with E-state index in [2.05, 4.69) is 32.1 Å². The highest BCUT2D eigenvalue weighted by Crippen LogP contribution is 2.33. The number of carbonyl (C=O) groups excluding carboxylic acids is 1. The summed E-state index contributed by atoms with van der Waals surface area (Å²) in [5.74, 6) is 1.56. The Kier molecular flexibility index (Phi) is 10.2. The van der Waals surface area contributed by atoms with Crippen molar-refractivity contribution < 1.29 is 9.53 Å². The third-order valence-electron chi connectivity index (χ3n) is 7.51. The van der Waals surface area contributed by atoms with Crippen molar-refractivity contribution in [1.82, 2.24) is 0 Å². The van der Waals surface area contributed by atoms with Crippen molar-refractivity contribution in [2.45, 2.75) is 116 Å². The van der Waals surface area contributed by atoms with Gasteiger partial charge in [0, 0.05) is 0 Å². The minimum atomic E-state index is -0.145. The summed E-state index contributed by atoms with van der Waals surface area (Å²) in [6.07, 6.45) is 21.5. The predicted molar refractivity (Wildman–Crippen MR) is 131 cm³/mol. The number of esters is 1. The lowest BCUT2D eigenvalue weighted by Crippen LogP contribution is -2.24. The Morgan fingerprint density at radius 2 is 1.55 bits per heavy atom. The van der Waals surface area contributed by atoms with E-state index in [0.29, 0.717) is 5.56 Å². The van der Waals surface area contributed by atoms with E-state index in [1.807, 2.05) is 12.1 Å². The van der Waals surface area contributed by atoms with Crippen LogP contribution >= 0.6 is 0 Å². The van der Waals surface area contributed by atoms with Gasteiger partial charge in [0.2, 0.25) is 0 Å². The minimum absolute atomic E-state index is 0.111. The average molecular weight is 425 g/mol. The van der Waals surface area contributed by atoms with Crippen LogP contribution in [-0.2, 0) is 4.74 Å². The fourth-order valence-corrected chi connectivity index (χ4v) is 5.34. The first-order valence-corrected chi connectivity index (χ1v) is 13.2. The van der Waals surface area contributed by atoms with Gasteiger partial charge in [-0.25, -0.2) is 4.79 Å². The highest BCUT2D eigenvalue weighted by atomic mass is 16.5. The van der Waals surface area contributed by atoms with Gasteiger partial charge < -0.3 is 4.74 Å². The molecule has 1 unspecified atom stereocenters. The van der Waals surface area contributed by atoms with Crippen LogP contribution in [0.15, 0.2) is 30.3 Å². The number of hydrogen-bond acceptors (Lipinski definition) is 2. The maximum atomic E-state index is 12.6. The normalized spacial score (nSPS) is 23.9. The second kappa shape index (κ2) is 13.1. The third kappa shape index (κ3) is 7.81. The van der Waals surface area contributed by atoms with E-state index >= 15 is 0 Å². The van der Waals surface area contributed by atoms with Gasteiger partial charge in [-0.3, -0.25) is 0 Å². The van der Waals surface area contributed by atoms with Crippen molar-refractivity contribution in [2.75, 3.05) is 0 Å². The molecule has 0 radical (unpaired) electrons. The van der Waals surface area contributed by atoms with Crippen LogP contribution in [-0.4, -0.2) is 12.1 Å². The third-order valence-corrected chi connectivity index (χ3v) is 7.51. The zero-order valence-corrected chi connectivity index (χ0v) is 20.0. The van der Waals surface area contributed by atoms with Crippen LogP contribution in [0.5, 0.6) is 0 Å². The molecule has 3 rings (SSSR count). The number of rotatable bonds is 11. The molecular weight excluding hydrogens is 380 g/mol. The maximum Gasteiger partial charge on any atom is 0.338 e. The Hall–Kier alpha value is -1.57. The van der Waals surface area contributed by atoms with Crippen molar-refractivity contribution in [2.24, 2.45) is 11.8 Å². The predicted octanol–water partition coefficient (Wildman–Crippen LogP) is 8.75. The molecule has 1 fully saturated rings. The topological polar surface area (TPSA) is 26.3 Å². The van der Waals surface area contributed by atoms with Gasteiger partial charge in [-0.2, -0.15) is 0 Å². The fourth-order valence-electron chi connectivity index (χ4n) is 5.34. The van der Waals surface area contributed by atoms with Crippen LogP contribution in [0.3, 0.4) is 0 Å². The Balaban J connectivity index is 1.43. The molecule has 0 bridgehead atoms. The first kappa shape index (κ1) is 24.1. The zero-order chi connectivity index (χ0) is 21.9. The van der Waals surface area contributed by atoms with Gasteiger partial charge >= 0.3 is 5.97 Å². The monoisotopic (exact) mass is 424 g/mol. The molecule has 0 amide bonds. The van der Waals surface area contributed by atoms with E-state index in [0.717, 1.165) is 24.7 Å². The number of carbonyl (C=O) groups is 1. The molecule has 0 heterocycles. The van der Waals surface area contributed by atoms with E-state index in [9.17, 15) is 4.79 Å². The summed E-state index contributed by atoms with van der Waals surface area (Å²) >= 11 is 0. The fraction of sp³-hybridized carbons (Fsp3) is 0.690. The van der Waals surface area contributed by atoms with E-state index < -0.39 is 0 Å². The van der Waals surface area contributed by atoms with E-state index in [4.69, 9.17) is 4.74 Å². The quantitative estimate of drug-likeness (QED) is 0.262. The van der Waals surface area contributed by atoms with Crippen LogP contribution in [0.25, 0.3) is 5.57 Å². The van der Waals surface area contributed by atoms with E-state index in [-0.39, 0.29) is 12.1 Å². The van der Waals surface area contributed by atoms with Gasteiger partial charge in [-0.1, -0.05) is 83.4 Å². The lowest BCUT2D eigenvalue weighted by molar-refractivity contribution is 0.0161. The van der Waals surface area contributed by atoms with Crippen LogP contribution in [0, 0.1) is 11.8 Å². The highest BCUT2D eigenvalue weighted by molar-refractivity contribution is 5.90. The highest BCUT2D eigenvalue weighted by Gasteiger charge is 2.24. The largest absolute Gasteiger partial charge is 0.459 e. The minimum Gasteiger partial charge on any atom is -0.459 e. The zero-order valence-electron chi connectivity index (χ0n) is 20.0. The molecule has 172 valence electrons. The Bertz CT molecular complexity index is 679. The molecule has 0 spiro atoms. The Labute approximate surface area is 190 Å². The first-order valence-electron chi connectivity index (χ1n) is 13.2. The average Bonchev–Trinajstić information content (AvgIpc) is 2.82. The maximum absolute atomic E-state index is 12.6. The Morgan fingerprint density at radius 3 is 2.19 bits per heavy atom. The van der Waals surface area contributed by atoms with Crippen molar-refractivity contribution in [3.05, 3.63) is 41.5 Å². The first-order chi connectivity index (χ1) is 15.2. The van der Waals surface area contributed by atoms with E-state index in [1.165, 1.54) is 94.6 Å². The summed E-state index contributed by atoms with van der Waals surface area (Å²) in [4.78, 5) is 12.6. The number of hydrogen-bond donors (Lipinski definition) is 0. The summed E-state index contributed by atoms with van der Waals surface area (Å²) in [5, 5.41) is 0. The molecule has 0 N–H and O–H groups in total. The molecule has 1 aromatic rings.